The predicted octanol–water partition coefficient (Wildman–Crippen LogP) is 2.88. The quantitative estimate of drug-likeness (QED) is 0.511. The first-order chi connectivity index (χ1) is 9.71. The van der Waals surface area contributed by atoms with Crippen molar-refractivity contribution in [1.82, 2.24) is 10.3 Å². The van der Waals surface area contributed by atoms with Crippen LogP contribution in [-0.2, 0) is 14.3 Å². The van der Waals surface area contributed by atoms with E-state index in [1.54, 1.807) is 39.1 Å². The molecule has 0 bridgehead atoms. The highest BCUT2D eigenvalue weighted by Crippen LogP contribution is 2.11. The summed E-state index contributed by atoms with van der Waals surface area (Å²) >= 11 is 3.21. The fraction of sp³-hybridized carbons (Fsp3) is 0.357. The Kier molecular flexibility index (Phi) is 5.90. The second-order valence-corrected chi connectivity index (χ2v) is 5.90. The van der Waals surface area contributed by atoms with E-state index in [-0.39, 0.29) is 5.70 Å². The van der Waals surface area contributed by atoms with Gasteiger partial charge < -0.3 is 9.47 Å². The molecule has 1 aromatic heterocycles. The number of rotatable bonds is 3. The lowest BCUT2D eigenvalue weighted by Gasteiger charge is -2.20. The standard InChI is InChI=1S/C14H17BrN2O4/c1-14(2,3)21-13(19)17-10(12(18)20-4)7-9-5-6-11(15)16-8-9/h5-8H,1-4H3,(H,17,19). The topological polar surface area (TPSA) is 77.5 Å². The molecule has 1 rings (SSSR count). The van der Waals surface area contributed by atoms with Crippen molar-refractivity contribution in [3.05, 3.63) is 34.2 Å². The molecule has 1 amide bonds. The van der Waals surface area contributed by atoms with Gasteiger partial charge in [0.1, 0.15) is 15.9 Å². The molecule has 0 spiro atoms. The summed E-state index contributed by atoms with van der Waals surface area (Å²) in [7, 11) is 1.23. The van der Waals surface area contributed by atoms with Gasteiger partial charge in [0.25, 0.3) is 0 Å². The molecular weight excluding hydrogens is 340 g/mol. The summed E-state index contributed by atoms with van der Waals surface area (Å²) in [6.45, 7) is 5.19. The number of ether oxygens (including phenoxy) is 2. The van der Waals surface area contributed by atoms with Crippen LogP contribution in [0.4, 0.5) is 4.79 Å². The van der Waals surface area contributed by atoms with E-state index < -0.39 is 17.7 Å². The van der Waals surface area contributed by atoms with Gasteiger partial charge in [-0.25, -0.2) is 14.6 Å². The van der Waals surface area contributed by atoms with Crippen molar-refractivity contribution >= 4 is 34.1 Å². The third-order valence-corrected chi connectivity index (χ3v) is 2.57. The van der Waals surface area contributed by atoms with Crippen molar-refractivity contribution in [3.63, 3.8) is 0 Å². The molecule has 0 aromatic carbocycles. The molecule has 0 saturated carbocycles. The minimum Gasteiger partial charge on any atom is -0.464 e. The zero-order valence-corrected chi connectivity index (χ0v) is 13.9. The maximum atomic E-state index is 11.7. The normalized spacial score (nSPS) is 11.8. The van der Waals surface area contributed by atoms with Gasteiger partial charge in [0.05, 0.1) is 7.11 Å². The SMILES string of the molecule is COC(=O)C(=Cc1ccc(Br)nc1)NC(=O)OC(C)(C)C. The van der Waals surface area contributed by atoms with Crippen molar-refractivity contribution in [2.75, 3.05) is 7.11 Å². The summed E-state index contributed by atoms with van der Waals surface area (Å²) < 4.78 is 10.4. The second kappa shape index (κ2) is 7.21. The van der Waals surface area contributed by atoms with Gasteiger partial charge in [-0.3, -0.25) is 5.32 Å². The van der Waals surface area contributed by atoms with Crippen LogP contribution < -0.4 is 5.32 Å². The lowest BCUT2D eigenvalue weighted by molar-refractivity contribution is -0.136. The molecule has 0 radical (unpaired) electrons. The summed E-state index contributed by atoms with van der Waals surface area (Å²) in [4.78, 5) is 27.5. The number of nitrogens with zero attached hydrogens (tertiary/aromatic N) is 1. The molecule has 0 fully saturated rings. The van der Waals surface area contributed by atoms with E-state index in [0.29, 0.717) is 10.2 Å². The third-order valence-electron chi connectivity index (χ3n) is 2.10. The van der Waals surface area contributed by atoms with Crippen LogP contribution in [-0.4, -0.2) is 29.8 Å². The lowest BCUT2D eigenvalue weighted by Crippen LogP contribution is -2.34. The average molecular weight is 357 g/mol. The molecule has 114 valence electrons. The molecule has 0 unspecified atom stereocenters. The van der Waals surface area contributed by atoms with Gasteiger partial charge in [-0.1, -0.05) is 6.07 Å². The van der Waals surface area contributed by atoms with Crippen LogP contribution in [0.2, 0.25) is 0 Å². The van der Waals surface area contributed by atoms with Crippen LogP contribution in [0.15, 0.2) is 28.6 Å². The number of hydrogen-bond donors (Lipinski definition) is 1. The molecule has 0 atom stereocenters. The van der Waals surface area contributed by atoms with Gasteiger partial charge in [0.2, 0.25) is 0 Å². The van der Waals surface area contributed by atoms with Crippen LogP contribution in [0.3, 0.4) is 0 Å². The average Bonchev–Trinajstić information content (AvgIpc) is 2.37. The van der Waals surface area contributed by atoms with E-state index in [9.17, 15) is 9.59 Å². The Labute approximate surface area is 131 Å². The van der Waals surface area contributed by atoms with E-state index in [2.05, 4.69) is 31.0 Å². The summed E-state index contributed by atoms with van der Waals surface area (Å²) in [5.41, 5.74) is -0.0599. The molecule has 1 aromatic rings. The molecule has 6 nitrogen and oxygen atoms in total. The maximum Gasteiger partial charge on any atom is 0.412 e. The van der Waals surface area contributed by atoms with Gasteiger partial charge in [-0.15, -0.1) is 0 Å². The predicted molar refractivity (Wildman–Crippen MR) is 81.3 cm³/mol. The van der Waals surface area contributed by atoms with Crippen molar-refractivity contribution in [2.45, 2.75) is 26.4 Å². The van der Waals surface area contributed by atoms with E-state index in [0.717, 1.165) is 0 Å². The number of halogens is 1. The summed E-state index contributed by atoms with van der Waals surface area (Å²) in [5, 5.41) is 2.37. The smallest absolute Gasteiger partial charge is 0.412 e. The number of methoxy groups -OCH3 is 1. The number of alkyl carbamates (subject to hydrolysis) is 1. The molecule has 21 heavy (non-hydrogen) atoms. The van der Waals surface area contributed by atoms with E-state index in [1.807, 2.05) is 0 Å². The van der Waals surface area contributed by atoms with Crippen LogP contribution >= 0.6 is 15.9 Å². The Morgan fingerprint density at radius 3 is 2.48 bits per heavy atom. The van der Waals surface area contributed by atoms with Crippen molar-refractivity contribution in [2.24, 2.45) is 0 Å². The summed E-state index contributed by atoms with van der Waals surface area (Å²) in [5.74, 6) is -0.677. The van der Waals surface area contributed by atoms with Crippen LogP contribution in [0.5, 0.6) is 0 Å². The first-order valence-electron chi connectivity index (χ1n) is 6.13. The van der Waals surface area contributed by atoms with E-state index in [1.165, 1.54) is 13.2 Å². The van der Waals surface area contributed by atoms with Gasteiger partial charge in [-0.05, 0) is 54.4 Å². The fourth-order valence-electron chi connectivity index (χ4n) is 1.31. The fourth-order valence-corrected chi connectivity index (χ4v) is 1.54. The number of carbonyl (C=O) groups excluding carboxylic acids is 2. The zero-order valence-electron chi connectivity index (χ0n) is 12.3. The van der Waals surface area contributed by atoms with Gasteiger partial charge >= 0.3 is 12.1 Å². The highest BCUT2D eigenvalue weighted by atomic mass is 79.9. The number of amides is 1. The van der Waals surface area contributed by atoms with E-state index >= 15 is 0 Å². The number of hydrogen-bond acceptors (Lipinski definition) is 5. The van der Waals surface area contributed by atoms with Gasteiger partial charge in [-0.2, -0.15) is 0 Å². The van der Waals surface area contributed by atoms with Gasteiger partial charge in [0.15, 0.2) is 0 Å². The minimum absolute atomic E-state index is 0.0316. The molecule has 1 heterocycles. The highest BCUT2D eigenvalue weighted by Gasteiger charge is 2.20. The first-order valence-corrected chi connectivity index (χ1v) is 6.92. The van der Waals surface area contributed by atoms with E-state index in [4.69, 9.17) is 4.74 Å². The Balaban J connectivity index is 2.93. The Morgan fingerprint density at radius 1 is 1.33 bits per heavy atom. The molecule has 7 heteroatoms. The third kappa shape index (κ3) is 6.40. The lowest BCUT2D eigenvalue weighted by atomic mass is 10.2. The summed E-state index contributed by atoms with van der Waals surface area (Å²) in [6, 6.07) is 3.45. The maximum absolute atomic E-state index is 11.7. The van der Waals surface area contributed by atoms with Crippen LogP contribution in [0.1, 0.15) is 26.3 Å². The molecule has 0 aliphatic heterocycles. The first kappa shape index (κ1) is 17.2. The van der Waals surface area contributed by atoms with Crippen molar-refractivity contribution in [1.29, 1.82) is 0 Å². The minimum atomic E-state index is -0.732. The number of pyridine rings is 1. The van der Waals surface area contributed by atoms with Gasteiger partial charge in [0, 0.05) is 6.20 Å². The largest absolute Gasteiger partial charge is 0.464 e. The molecular formula is C14H17BrN2O4. The van der Waals surface area contributed by atoms with Crippen LogP contribution in [0.25, 0.3) is 6.08 Å². The Bertz CT molecular complexity index is 547. The number of carbonyl (C=O) groups is 2. The number of esters is 1. The zero-order chi connectivity index (χ0) is 16.0. The Hall–Kier alpha value is -1.89. The molecule has 0 aliphatic rings. The second-order valence-electron chi connectivity index (χ2n) is 5.09. The van der Waals surface area contributed by atoms with Crippen molar-refractivity contribution in [3.8, 4) is 0 Å². The molecule has 1 N–H and O–H groups in total. The monoisotopic (exact) mass is 356 g/mol. The highest BCUT2D eigenvalue weighted by molar-refractivity contribution is 9.10. The van der Waals surface area contributed by atoms with Crippen LogP contribution in [0, 0.1) is 0 Å². The van der Waals surface area contributed by atoms with Crippen molar-refractivity contribution < 1.29 is 19.1 Å². The Morgan fingerprint density at radius 2 is 2.00 bits per heavy atom. The number of nitrogens with one attached hydrogen (secondary N) is 1. The molecule has 0 aliphatic carbocycles. The molecule has 0 saturated heterocycles. The number of aromatic nitrogens is 1. The summed E-state index contributed by atoms with van der Waals surface area (Å²) in [6.07, 6.45) is 2.27.